The molecule has 0 fully saturated rings. The van der Waals surface area contributed by atoms with Crippen molar-refractivity contribution < 1.29 is 13.9 Å². The minimum absolute atomic E-state index is 0.0234. The van der Waals surface area contributed by atoms with E-state index in [1.807, 2.05) is 6.92 Å². The molecule has 1 heterocycles. The van der Waals surface area contributed by atoms with Crippen LogP contribution in [0.15, 0.2) is 4.42 Å². The molecule has 5 nitrogen and oxygen atoms in total. The van der Waals surface area contributed by atoms with Gasteiger partial charge in [-0.15, -0.1) is 0 Å². The van der Waals surface area contributed by atoms with Crippen molar-refractivity contribution in [1.82, 2.24) is 4.98 Å². The summed E-state index contributed by atoms with van der Waals surface area (Å²) in [5.74, 6) is -0.0701. The zero-order valence-electron chi connectivity index (χ0n) is 7.66. The first kappa shape index (κ1) is 9.57. The number of nitrogens with zero attached hydrogens (tertiary/aromatic N) is 1. The molecule has 0 bridgehead atoms. The fourth-order valence-corrected chi connectivity index (χ4v) is 0.875. The highest BCUT2D eigenvalue weighted by Gasteiger charge is 2.17. The Kier molecular flexibility index (Phi) is 2.89. The maximum absolute atomic E-state index is 11.2. The lowest BCUT2D eigenvalue weighted by Gasteiger charge is -1.96. The predicted octanol–water partition coefficient (Wildman–Crippen LogP) is 0.996. The van der Waals surface area contributed by atoms with Gasteiger partial charge in [-0.3, -0.25) is 0 Å². The van der Waals surface area contributed by atoms with Gasteiger partial charge in [0.2, 0.25) is 11.6 Å². The predicted molar refractivity (Wildman–Crippen MR) is 46.2 cm³/mol. The smallest absolute Gasteiger partial charge is 0.362 e. The van der Waals surface area contributed by atoms with Crippen molar-refractivity contribution in [2.24, 2.45) is 0 Å². The molecule has 0 atom stereocenters. The number of ether oxygens (including phenoxy) is 1. The Hall–Kier alpha value is -1.52. The van der Waals surface area contributed by atoms with E-state index in [0.29, 0.717) is 18.9 Å². The van der Waals surface area contributed by atoms with Gasteiger partial charge in [0.25, 0.3) is 0 Å². The van der Waals surface area contributed by atoms with E-state index in [4.69, 9.17) is 14.9 Å². The molecule has 1 aromatic rings. The largest absolute Gasteiger partial charge is 0.461 e. The number of nitrogens with two attached hydrogens (primary N) is 1. The Labute approximate surface area is 75.9 Å². The second-order valence-corrected chi connectivity index (χ2v) is 2.39. The van der Waals surface area contributed by atoms with Crippen LogP contribution < -0.4 is 5.73 Å². The molecule has 2 N–H and O–H groups in total. The second-order valence-electron chi connectivity index (χ2n) is 2.39. The van der Waals surface area contributed by atoms with E-state index in [1.54, 1.807) is 6.92 Å². The number of anilines is 1. The number of aromatic nitrogens is 1. The molecule has 0 radical (unpaired) electrons. The van der Waals surface area contributed by atoms with Crippen molar-refractivity contribution in [3.05, 3.63) is 11.6 Å². The molecule has 0 aliphatic carbocycles. The summed E-state index contributed by atoms with van der Waals surface area (Å²) in [5.41, 5.74) is 5.49. The fraction of sp³-hybridized carbons (Fsp3) is 0.500. The Morgan fingerprint density at radius 1 is 1.62 bits per heavy atom. The van der Waals surface area contributed by atoms with E-state index in [0.717, 1.165) is 0 Å². The Bertz CT molecular complexity index is 306. The first-order chi connectivity index (χ1) is 6.19. The van der Waals surface area contributed by atoms with Crippen molar-refractivity contribution in [1.29, 1.82) is 0 Å². The molecule has 0 saturated heterocycles. The molecule has 0 aliphatic heterocycles. The molecule has 1 rings (SSSR count). The van der Waals surface area contributed by atoms with Gasteiger partial charge in [-0.05, 0) is 6.92 Å². The Morgan fingerprint density at radius 3 is 2.77 bits per heavy atom. The van der Waals surface area contributed by atoms with Crippen LogP contribution in [0, 0.1) is 0 Å². The number of aryl methyl sites for hydroxylation is 1. The molecule has 0 aromatic carbocycles. The zero-order valence-corrected chi connectivity index (χ0v) is 7.66. The second kappa shape index (κ2) is 3.93. The molecule has 1 aromatic heterocycles. The van der Waals surface area contributed by atoms with Gasteiger partial charge in [-0.25, -0.2) is 9.78 Å². The van der Waals surface area contributed by atoms with Gasteiger partial charge in [-0.2, -0.15) is 0 Å². The molecule has 0 aliphatic rings. The number of esters is 1. The fourth-order valence-electron chi connectivity index (χ4n) is 0.875. The lowest BCUT2D eigenvalue weighted by Crippen LogP contribution is -2.07. The number of carbonyl (C=O) groups is 1. The summed E-state index contributed by atoms with van der Waals surface area (Å²) >= 11 is 0. The molecular weight excluding hydrogens is 172 g/mol. The highest BCUT2D eigenvalue weighted by Crippen LogP contribution is 2.14. The van der Waals surface area contributed by atoms with Gasteiger partial charge in [0.05, 0.1) is 6.61 Å². The van der Waals surface area contributed by atoms with E-state index in [9.17, 15) is 4.79 Å². The highest BCUT2D eigenvalue weighted by molar-refractivity contribution is 5.91. The van der Waals surface area contributed by atoms with Crippen LogP contribution in [0.4, 0.5) is 5.88 Å². The average molecular weight is 184 g/mol. The number of nitrogen functional groups attached to an aromatic ring is 1. The molecule has 72 valence electrons. The van der Waals surface area contributed by atoms with Gasteiger partial charge in [0.15, 0.2) is 5.89 Å². The van der Waals surface area contributed by atoms with E-state index in [-0.39, 0.29) is 11.6 Å². The summed E-state index contributed by atoms with van der Waals surface area (Å²) < 4.78 is 9.72. The highest BCUT2D eigenvalue weighted by atomic mass is 16.5. The van der Waals surface area contributed by atoms with Crippen LogP contribution in [0.1, 0.15) is 30.2 Å². The Morgan fingerprint density at radius 2 is 2.31 bits per heavy atom. The maximum atomic E-state index is 11.2. The molecular formula is C8H12N2O3. The van der Waals surface area contributed by atoms with Crippen LogP contribution in [0.5, 0.6) is 0 Å². The summed E-state index contributed by atoms with van der Waals surface area (Å²) in [4.78, 5) is 15.1. The van der Waals surface area contributed by atoms with Crippen molar-refractivity contribution in [2.75, 3.05) is 12.3 Å². The lowest BCUT2D eigenvalue weighted by atomic mass is 10.4. The van der Waals surface area contributed by atoms with Gasteiger partial charge in [-0.1, -0.05) is 6.92 Å². The summed E-state index contributed by atoms with van der Waals surface area (Å²) in [6.07, 6.45) is 0.601. The summed E-state index contributed by atoms with van der Waals surface area (Å²) in [6, 6.07) is 0. The molecule has 0 amide bonds. The van der Waals surface area contributed by atoms with E-state index in [2.05, 4.69) is 4.98 Å². The summed E-state index contributed by atoms with van der Waals surface area (Å²) in [5, 5.41) is 0. The quantitative estimate of drug-likeness (QED) is 0.709. The summed E-state index contributed by atoms with van der Waals surface area (Å²) in [6.45, 7) is 3.88. The first-order valence-corrected chi connectivity index (χ1v) is 4.11. The molecule has 0 unspecified atom stereocenters. The topological polar surface area (TPSA) is 78.3 Å². The van der Waals surface area contributed by atoms with Crippen LogP contribution in [-0.4, -0.2) is 17.6 Å². The average Bonchev–Trinajstić information content (AvgIpc) is 2.47. The third-order valence-corrected chi connectivity index (χ3v) is 1.47. The maximum Gasteiger partial charge on any atom is 0.362 e. The van der Waals surface area contributed by atoms with Crippen molar-refractivity contribution in [3.63, 3.8) is 0 Å². The SMILES string of the molecule is CCOC(=O)c1nc(CC)oc1N. The van der Waals surface area contributed by atoms with Crippen LogP contribution >= 0.6 is 0 Å². The molecule has 5 heteroatoms. The van der Waals surface area contributed by atoms with Gasteiger partial charge in [0, 0.05) is 6.42 Å². The van der Waals surface area contributed by atoms with Crippen molar-refractivity contribution in [2.45, 2.75) is 20.3 Å². The van der Waals surface area contributed by atoms with Crippen molar-refractivity contribution >= 4 is 11.9 Å². The van der Waals surface area contributed by atoms with Crippen LogP contribution in [-0.2, 0) is 11.2 Å². The van der Waals surface area contributed by atoms with E-state index < -0.39 is 5.97 Å². The standard InChI is InChI=1S/C8H12N2O3/c1-3-5-10-6(7(9)13-5)8(11)12-4-2/h3-4,9H2,1-2H3. The van der Waals surface area contributed by atoms with Crippen LogP contribution in [0.2, 0.25) is 0 Å². The van der Waals surface area contributed by atoms with Crippen LogP contribution in [0.25, 0.3) is 0 Å². The number of rotatable bonds is 3. The number of oxazole rings is 1. The van der Waals surface area contributed by atoms with E-state index in [1.165, 1.54) is 0 Å². The number of hydrogen-bond donors (Lipinski definition) is 1. The van der Waals surface area contributed by atoms with Gasteiger partial charge >= 0.3 is 5.97 Å². The number of hydrogen-bond acceptors (Lipinski definition) is 5. The van der Waals surface area contributed by atoms with Gasteiger partial charge < -0.3 is 14.9 Å². The third kappa shape index (κ3) is 1.99. The van der Waals surface area contributed by atoms with Crippen LogP contribution in [0.3, 0.4) is 0 Å². The zero-order chi connectivity index (χ0) is 9.84. The lowest BCUT2D eigenvalue weighted by molar-refractivity contribution is 0.0521. The third-order valence-electron chi connectivity index (χ3n) is 1.47. The monoisotopic (exact) mass is 184 g/mol. The minimum atomic E-state index is -0.538. The normalized spacial score (nSPS) is 10.0. The Balaban J connectivity index is 2.87. The molecule has 13 heavy (non-hydrogen) atoms. The number of carbonyl (C=O) groups excluding carboxylic acids is 1. The van der Waals surface area contributed by atoms with Crippen molar-refractivity contribution in [3.8, 4) is 0 Å². The van der Waals surface area contributed by atoms with Gasteiger partial charge in [0.1, 0.15) is 0 Å². The minimum Gasteiger partial charge on any atom is -0.461 e. The first-order valence-electron chi connectivity index (χ1n) is 4.11. The summed E-state index contributed by atoms with van der Waals surface area (Å²) in [7, 11) is 0. The van der Waals surface area contributed by atoms with E-state index >= 15 is 0 Å². The molecule has 0 spiro atoms. The molecule has 0 saturated carbocycles.